The number of hydrogen-bond acceptors (Lipinski definition) is 5. The number of carboxylic acids is 1. The number of aliphatic carboxylic acids is 1. The first-order valence-corrected chi connectivity index (χ1v) is 9.79. The average Bonchev–Trinajstić information content (AvgIpc) is 3.02. The van der Waals surface area contributed by atoms with Gasteiger partial charge in [0, 0.05) is 10.8 Å². The van der Waals surface area contributed by atoms with Crippen LogP contribution in [0.2, 0.25) is 0 Å². The van der Waals surface area contributed by atoms with Gasteiger partial charge in [-0.05, 0) is 24.6 Å². The lowest BCUT2D eigenvalue weighted by atomic mass is 9.99. The number of halogens is 3. The van der Waals surface area contributed by atoms with Crippen molar-refractivity contribution in [3.63, 3.8) is 0 Å². The molecule has 1 aliphatic heterocycles. The predicted octanol–water partition coefficient (Wildman–Crippen LogP) is 4.41. The summed E-state index contributed by atoms with van der Waals surface area (Å²) in [6, 6.07) is 9.34. The number of fused-ring (bicyclic) bond motifs is 2. The van der Waals surface area contributed by atoms with Gasteiger partial charge in [0.05, 0.1) is 29.8 Å². The van der Waals surface area contributed by atoms with Gasteiger partial charge >= 0.3 is 12.6 Å². The second-order valence-electron chi connectivity index (χ2n) is 7.06. The van der Waals surface area contributed by atoms with Crippen LogP contribution in [0.5, 0.6) is 11.5 Å². The zero-order valence-corrected chi connectivity index (χ0v) is 17.1. The van der Waals surface area contributed by atoms with Crippen molar-refractivity contribution in [1.29, 1.82) is 0 Å². The van der Waals surface area contributed by atoms with E-state index in [-0.39, 0.29) is 34.6 Å². The summed E-state index contributed by atoms with van der Waals surface area (Å²) in [5.41, 5.74) is -1.03. The number of carbonyl (C=O) groups is 3. The summed E-state index contributed by atoms with van der Waals surface area (Å²) in [4.78, 5) is 38.1. The quantitative estimate of drug-likeness (QED) is 0.527. The van der Waals surface area contributed by atoms with Gasteiger partial charge in [-0.25, -0.2) is 9.29 Å². The number of carbonyl (C=O) groups excluding carboxylic acids is 2. The molecule has 33 heavy (non-hydrogen) atoms. The molecule has 170 valence electrons. The van der Waals surface area contributed by atoms with Gasteiger partial charge in [-0.2, -0.15) is 8.78 Å². The Balaban J connectivity index is 1.94. The van der Waals surface area contributed by atoms with Crippen LogP contribution in [0.1, 0.15) is 33.2 Å². The van der Waals surface area contributed by atoms with E-state index in [2.05, 4.69) is 4.74 Å². The summed E-state index contributed by atoms with van der Waals surface area (Å²) in [7, 11) is 0. The topological polar surface area (TPSA) is 93.1 Å². The number of benzene rings is 3. The molecule has 0 atom stereocenters. The summed E-state index contributed by atoms with van der Waals surface area (Å²) in [6.07, 6.45) is -0.597. The molecule has 0 bridgehead atoms. The fourth-order valence-electron chi connectivity index (χ4n) is 3.82. The number of alkyl halides is 2. The molecule has 0 saturated heterocycles. The smallest absolute Gasteiger partial charge is 0.387 e. The average molecular weight is 459 g/mol. The second-order valence-corrected chi connectivity index (χ2v) is 7.06. The minimum atomic E-state index is -3.28. The van der Waals surface area contributed by atoms with Gasteiger partial charge < -0.3 is 14.6 Å². The molecule has 2 amide bonds. The molecular weight excluding hydrogens is 443 g/mol. The van der Waals surface area contributed by atoms with Gasteiger partial charge in [-0.3, -0.25) is 14.4 Å². The number of ether oxygens (including phenoxy) is 2. The molecule has 1 aliphatic rings. The SMILES string of the molecule is CCOc1c2c(c(OC(F)F)c3ccccc13)C(=O)N(c1ccc(CC(=O)O)c(F)c1)C2=O. The Hall–Kier alpha value is -4.08. The van der Waals surface area contributed by atoms with E-state index in [0.717, 1.165) is 12.1 Å². The molecule has 1 N–H and O–H groups in total. The maximum absolute atomic E-state index is 14.5. The van der Waals surface area contributed by atoms with Gasteiger partial charge in [0.1, 0.15) is 17.3 Å². The largest absolute Gasteiger partial charge is 0.492 e. The number of rotatable bonds is 7. The van der Waals surface area contributed by atoms with E-state index in [1.165, 1.54) is 12.1 Å². The highest BCUT2D eigenvalue weighted by atomic mass is 19.3. The molecule has 10 heteroatoms. The van der Waals surface area contributed by atoms with Crippen LogP contribution < -0.4 is 14.4 Å². The van der Waals surface area contributed by atoms with Crippen molar-refractivity contribution in [3.8, 4) is 11.5 Å². The molecule has 0 unspecified atom stereocenters. The van der Waals surface area contributed by atoms with Crippen molar-refractivity contribution in [2.24, 2.45) is 0 Å². The van der Waals surface area contributed by atoms with E-state index >= 15 is 0 Å². The summed E-state index contributed by atoms with van der Waals surface area (Å²) >= 11 is 0. The number of nitrogens with zero attached hydrogens (tertiary/aromatic N) is 1. The lowest BCUT2D eigenvalue weighted by Crippen LogP contribution is -2.29. The summed E-state index contributed by atoms with van der Waals surface area (Å²) < 4.78 is 51.3. The number of anilines is 1. The summed E-state index contributed by atoms with van der Waals surface area (Å²) in [5.74, 6) is -4.57. The number of carboxylic acid groups (broad SMARTS) is 1. The maximum Gasteiger partial charge on any atom is 0.387 e. The molecule has 1 heterocycles. The van der Waals surface area contributed by atoms with Gasteiger partial charge in [-0.1, -0.05) is 30.3 Å². The van der Waals surface area contributed by atoms with Crippen LogP contribution in [-0.2, 0) is 11.2 Å². The monoisotopic (exact) mass is 459 g/mol. The number of imide groups is 1. The molecular formula is C23H16F3NO6. The second kappa shape index (κ2) is 8.45. The zero-order chi connectivity index (χ0) is 23.9. The van der Waals surface area contributed by atoms with Crippen LogP contribution in [0.4, 0.5) is 18.9 Å². The molecule has 0 radical (unpaired) electrons. The molecule has 0 spiro atoms. The third kappa shape index (κ3) is 3.73. The van der Waals surface area contributed by atoms with E-state index in [0.29, 0.717) is 10.3 Å². The lowest BCUT2D eigenvalue weighted by Gasteiger charge is -2.16. The van der Waals surface area contributed by atoms with Gasteiger partial charge in [0.15, 0.2) is 0 Å². The van der Waals surface area contributed by atoms with Crippen molar-refractivity contribution >= 4 is 34.2 Å². The van der Waals surface area contributed by atoms with Crippen molar-refractivity contribution in [3.05, 3.63) is 65.0 Å². The summed E-state index contributed by atoms with van der Waals surface area (Å²) in [5, 5.41) is 9.31. The standard InChI is InChI=1S/C23H16F3NO6/c1-2-32-19-13-5-3-4-6-14(13)20(33-23(25)26)18-17(19)21(30)27(22(18)31)12-8-7-11(9-16(28)29)15(24)10-12/h3-8,10,23H,2,9H2,1H3,(H,28,29). The molecule has 0 saturated carbocycles. The highest BCUT2D eigenvalue weighted by Gasteiger charge is 2.44. The first-order chi connectivity index (χ1) is 15.7. The highest BCUT2D eigenvalue weighted by Crippen LogP contribution is 2.46. The van der Waals surface area contributed by atoms with E-state index in [9.17, 15) is 27.6 Å². The minimum absolute atomic E-state index is 0.0218. The van der Waals surface area contributed by atoms with Crippen LogP contribution >= 0.6 is 0 Å². The maximum atomic E-state index is 14.5. The Morgan fingerprint density at radius 2 is 1.64 bits per heavy atom. The van der Waals surface area contributed by atoms with E-state index < -0.39 is 47.9 Å². The van der Waals surface area contributed by atoms with Crippen LogP contribution in [0, 0.1) is 5.82 Å². The first-order valence-electron chi connectivity index (χ1n) is 9.79. The van der Waals surface area contributed by atoms with Gasteiger partial charge in [0.2, 0.25) is 0 Å². The fourth-order valence-corrected chi connectivity index (χ4v) is 3.82. The third-order valence-corrected chi connectivity index (χ3v) is 5.09. The highest BCUT2D eigenvalue weighted by molar-refractivity contribution is 6.38. The fraction of sp³-hybridized carbons (Fsp3) is 0.174. The third-order valence-electron chi connectivity index (χ3n) is 5.09. The molecule has 3 aromatic rings. The van der Waals surface area contributed by atoms with Crippen LogP contribution in [0.25, 0.3) is 10.8 Å². The zero-order valence-electron chi connectivity index (χ0n) is 17.1. The lowest BCUT2D eigenvalue weighted by molar-refractivity contribution is -0.136. The molecule has 0 aromatic heterocycles. The molecule has 0 fully saturated rings. The molecule has 4 rings (SSSR count). The van der Waals surface area contributed by atoms with E-state index in [4.69, 9.17) is 9.84 Å². The van der Waals surface area contributed by atoms with Crippen molar-refractivity contribution in [2.45, 2.75) is 20.0 Å². The van der Waals surface area contributed by atoms with Gasteiger partial charge in [0.25, 0.3) is 11.8 Å². The van der Waals surface area contributed by atoms with Crippen molar-refractivity contribution in [2.75, 3.05) is 11.5 Å². The predicted molar refractivity (Wildman–Crippen MR) is 111 cm³/mol. The van der Waals surface area contributed by atoms with E-state index in [1.54, 1.807) is 25.1 Å². The Bertz CT molecular complexity index is 1310. The van der Waals surface area contributed by atoms with E-state index in [1.807, 2.05) is 0 Å². The number of amides is 2. The van der Waals surface area contributed by atoms with Gasteiger partial charge in [-0.15, -0.1) is 0 Å². The molecule has 3 aromatic carbocycles. The molecule has 0 aliphatic carbocycles. The summed E-state index contributed by atoms with van der Waals surface area (Å²) in [6.45, 7) is -1.51. The normalized spacial score (nSPS) is 13.1. The van der Waals surface area contributed by atoms with Crippen molar-refractivity contribution in [1.82, 2.24) is 0 Å². The Kier molecular flexibility index (Phi) is 5.67. The van der Waals surface area contributed by atoms with Crippen LogP contribution in [0.3, 0.4) is 0 Å². The van der Waals surface area contributed by atoms with Crippen LogP contribution in [0.15, 0.2) is 42.5 Å². The Labute approximate surface area is 184 Å². The number of hydrogen-bond donors (Lipinski definition) is 1. The van der Waals surface area contributed by atoms with Crippen molar-refractivity contribution < 1.29 is 42.1 Å². The minimum Gasteiger partial charge on any atom is -0.492 e. The Morgan fingerprint density at radius 3 is 2.18 bits per heavy atom. The molecule has 7 nitrogen and oxygen atoms in total. The first kappa shape index (κ1) is 22.1. The van der Waals surface area contributed by atoms with Crippen LogP contribution in [-0.4, -0.2) is 36.1 Å². The Morgan fingerprint density at radius 1 is 1.03 bits per heavy atom.